The number of carbonyl (C=O) groups is 2. The first-order chi connectivity index (χ1) is 8.28. The number of carbonyl (C=O) groups excluding carboxylic acids is 2. The van der Waals surface area contributed by atoms with Crippen LogP contribution in [-0.4, -0.2) is 47.0 Å². The number of nitrogens with one attached hydrogen (secondary N) is 1. The Hall–Kier alpha value is -0.780. The number of rotatable bonds is 4. The minimum atomic E-state index is -0.474. The molecular formula is C12H21BrN2O3. The highest BCUT2D eigenvalue weighted by atomic mass is 79.9. The first-order valence-electron chi connectivity index (χ1n) is 6.16. The summed E-state index contributed by atoms with van der Waals surface area (Å²) < 4.78 is 5.11. The third-order valence-electron chi connectivity index (χ3n) is 2.44. The lowest BCUT2D eigenvalue weighted by Crippen LogP contribution is -2.34. The van der Waals surface area contributed by atoms with E-state index in [1.54, 1.807) is 0 Å². The van der Waals surface area contributed by atoms with Gasteiger partial charge in [-0.3, -0.25) is 4.79 Å². The van der Waals surface area contributed by atoms with Crippen LogP contribution in [0.3, 0.4) is 0 Å². The fourth-order valence-electron chi connectivity index (χ4n) is 1.71. The molecule has 0 spiro atoms. The van der Waals surface area contributed by atoms with Gasteiger partial charge in [-0.2, -0.15) is 0 Å². The molecule has 0 aromatic carbocycles. The molecule has 0 aromatic heterocycles. The number of alkyl halides is 1. The molecule has 104 valence electrons. The second-order valence-electron chi connectivity index (χ2n) is 5.42. The molecule has 0 radical (unpaired) electrons. The van der Waals surface area contributed by atoms with Crippen LogP contribution in [0, 0.1) is 0 Å². The molecule has 1 saturated heterocycles. The lowest BCUT2D eigenvalue weighted by atomic mass is 10.2. The topological polar surface area (TPSA) is 58.6 Å². The fourth-order valence-corrected chi connectivity index (χ4v) is 2.34. The number of ether oxygens (including phenoxy) is 1. The van der Waals surface area contributed by atoms with Crippen LogP contribution < -0.4 is 5.32 Å². The van der Waals surface area contributed by atoms with Gasteiger partial charge in [0.05, 0.1) is 0 Å². The van der Waals surface area contributed by atoms with E-state index in [1.807, 2.05) is 25.7 Å². The number of likely N-dealkylation sites (tertiary alicyclic amines) is 1. The largest absolute Gasteiger partial charge is 0.444 e. The molecular weight excluding hydrogens is 300 g/mol. The summed E-state index contributed by atoms with van der Waals surface area (Å²) in [5, 5.41) is 2.68. The fraction of sp³-hybridized carbons (Fsp3) is 0.833. The maximum absolute atomic E-state index is 11.5. The van der Waals surface area contributed by atoms with Gasteiger partial charge in [0.2, 0.25) is 5.91 Å². The quantitative estimate of drug-likeness (QED) is 0.635. The first-order valence-corrected chi connectivity index (χ1v) is 7.08. The van der Waals surface area contributed by atoms with Crippen molar-refractivity contribution in [3.05, 3.63) is 0 Å². The zero-order chi connectivity index (χ0) is 13.8. The lowest BCUT2D eigenvalue weighted by molar-refractivity contribution is -0.127. The highest BCUT2D eigenvalue weighted by Crippen LogP contribution is 2.17. The SMILES string of the molecule is CC(C)(C)OC(=O)NCCCN1CC(Br)CC1=O. The van der Waals surface area contributed by atoms with E-state index in [-0.39, 0.29) is 10.7 Å². The molecule has 0 bridgehead atoms. The first kappa shape index (κ1) is 15.3. The minimum absolute atomic E-state index is 0.175. The van der Waals surface area contributed by atoms with Crippen molar-refractivity contribution in [2.24, 2.45) is 0 Å². The molecule has 18 heavy (non-hydrogen) atoms. The molecule has 1 heterocycles. The van der Waals surface area contributed by atoms with Crippen molar-refractivity contribution in [2.75, 3.05) is 19.6 Å². The molecule has 1 N–H and O–H groups in total. The van der Waals surface area contributed by atoms with Crippen LogP contribution in [0.5, 0.6) is 0 Å². The van der Waals surface area contributed by atoms with Gasteiger partial charge >= 0.3 is 6.09 Å². The Kier molecular flexibility index (Phi) is 5.44. The second kappa shape index (κ2) is 6.41. The number of hydrogen-bond donors (Lipinski definition) is 1. The van der Waals surface area contributed by atoms with Gasteiger partial charge in [-0.05, 0) is 27.2 Å². The van der Waals surface area contributed by atoms with Crippen LogP contribution in [0.25, 0.3) is 0 Å². The van der Waals surface area contributed by atoms with E-state index in [9.17, 15) is 9.59 Å². The number of alkyl carbamates (subject to hydrolysis) is 1. The Bertz CT molecular complexity index is 315. The Morgan fingerprint density at radius 3 is 2.72 bits per heavy atom. The molecule has 1 atom stereocenters. The molecule has 2 amide bonds. The highest BCUT2D eigenvalue weighted by molar-refractivity contribution is 9.09. The van der Waals surface area contributed by atoms with Crippen LogP contribution >= 0.6 is 15.9 Å². The van der Waals surface area contributed by atoms with E-state index >= 15 is 0 Å². The number of nitrogens with zero attached hydrogens (tertiary/aromatic N) is 1. The van der Waals surface area contributed by atoms with E-state index < -0.39 is 11.7 Å². The summed E-state index contributed by atoms with van der Waals surface area (Å²) in [6.07, 6.45) is 0.901. The van der Waals surface area contributed by atoms with Crippen molar-refractivity contribution in [1.29, 1.82) is 0 Å². The van der Waals surface area contributed by atoms with Crippen molar-refractivity contribution in [2.45, 2.75) is 44.0 Å². The Labute approximate surface area is 116 Å². The number of halogens is 1. The second-order valence-corrected chi connectivity index (χ2v) is 6.72. The third-order valence-corrected chi connectivity index (χ3v) is 3.05. The summed E-state index contributed by atoms with van der Waals surface area (Å²) in [4.78, 5) is 24.9. The van der Waals surface area contributed by atoms with Crippen molar-refractivity contribution >= 4 is 27.9 Å². The van der Waals surface area contributed by atoms with Gasteiger partial charge in [-0.25, -0.2) is 4.79 Å². The molecule has 1 aliphatic rings. The molecule has 0 saturated carbocycles. The van der Waals surface area contributed by atoms with Crippen molar-refractivity contribution in [1.82, 2.24) is 10.2 Å². The lowest BCUT2D eigenvalue weighted by Gasteiger charge is -2.20. The van der Waals surface area contributed by atoms with Crippen LogP contribution in [0.4, 0.5) is 4.79 Å². The van der Waals surface area contributed by atoms with Crippen LogP contribution in [0.15, 0.2) is 0 Å². The van der Waals surface area contributed by atoms with E-state index in [1.165, 1.54) is 0 Å². The minimum Gasteiger partial charge on any atom is -0.444 e. The maximum Gasteiger partial charge on any atom is 0.407 e. The van der Waals surface area contributed by atoms with Crippen LogP contribution in [0.1, 0.15) is 33.6 Å². The Morgan fingerprint density at radius 2 is 2.22 bits per heavy atom. The molecule has 1 rings (SSSR count). The maximum atomic E-state index is 11.5. The van der Waals surface area contributed by atoms with E-state index in [2.05, 4.69) is 21.2 Å². The zero-order valence-electron chi connectivity index (χ0n) is 11.2. The van der Waals surface area contributed by atoms with Gasteiger partial charge in [0.25, 0.3) is 0 Å². The molecule has 5 nitrogen and oxygen atoms in total. The normalized spacial score (nSPS) is 20.1. The molecule has 1 fully saturated rings. The van der Waals surface area contributed by atoms with Gasteiger partial charge in [0.15, 0.2) is 0 Å². The standard InChI is InChI=1S/C12H21BrN2O3/c1-12(2,3)18-11(17)14-5-4-6-15-8-9(13)7-10(15)16/h9H,4-8H2,1-3H3,(H,14,17). The third kappa shape index (κ3) is 5.71. The summed E-state index contributed by atoms with van der Waals surface area (Å²) in [5.41, 5.74) is -0.474. The number of hydrogen-bond acceptors (Lipinski definition) is 3. The summed E-state index contributed by atoms with van der Waals surface area (Å²) in [6.45, 7) is 7.43. The van der Waals surface area contributed by atoms with Gasteiger partial charge in [0, 0.05) is 30.9 Å². The Balaban J connectivity index is 2.12. The molecule has 6 heteroatoms. The van der Waals surface area contributed by atoms with Crippen molar-refractivity contribution < 1.29 is 14.3 Å². The molecule has 0 aliphatic carbocycles. The number of amides is 2. The zero-order valence-corrected chi connectivity index (χ0v) is 12.7. The smallest absolute Gasteiger partial charge is 0.407 e. The highest BCUT2D eigenvalue weighted by Gasteiger charge is 2.26. The summed E-state index contributed by atoms with van der Waals surface area (Å²) in [7, 11) is 0. The van der Waals surface area contributed by atoms with Gasteiger partial charge in [-0.15, -0.1) is 0 Å². The molecule has 1 unspecified atom stereocenters. The molecule has 0 aromatic rings. The summed E-state index contributed by atoms with van der Waals surface area (Å²) in [6, 6.07) is 0. The summed E-state index contributed by atoms with van der Waals surface area (Å²) in [5.74, 6) is 0.175. The van der Waals surface area contributed by atoms with Crippen LogP contribution in [0.2, 0.25) is 0 Å². The van der Waals surface area contributed by atoms with Gasteiger partial charge in [0.1, 0.15) is 5.60 Å². The predicted molar refractivity (Wildman–Crippen MR) is 72.8 cm³/mol. The van der Waals surface area contributed by atoms with E-state index in [0.29, 0.717) is 19.5 Å². The summed E-state index contributed by atoms with van der Waals surface area (Å²) >= 11 is 3.43. The Morgan fingerprint density at radius 1 is 1.56 bits per heavy atom. The predicted octanol–water partition coefficient (Wildman–Crippen LogP) is 1.90. The average molecular weight is 321 g/mol. The van der Waals surface area contributed by atoms with Gasteiger partial charge in [-0.1, -0.05) is 15.9 Å². The average Bonchev–Trinajstić information content (AvgIpc) is 2.49. The van der Waals surface area contributed by atoms with E-state index in [0.717, 1.165) is 13.0 Å². The monoisotopic (exact) mass is 320 g/mol. The van der Waals surface area contributed by atoms with Gasteiger partial charge < -0.3 is 15.0 Å². The van der Waals surface area contributed by atoms with E-state index in [4.69, 9.17) is 4.74 Å². The molecule has 1 aliphatic heterocycles. The van der Waals surface area contributed by atoms with Crippen LogP contribution in [-0.2, 0) is 9.53 Å². The van der Waals surface area contributed by atoms with Crippen molar-refractivity contribution in [3.8, 4) is 0 Å². The van der Waals surface area contributed by atoms with Crippen molar-refractivity contribution in [3.63, 3.8) is 0 Å².